The predicted octanol–water partition coefficient (Wildman–Crippen LogP) is 7.19. The van der Waals surface area contributed by atoms with Gasteiger partial charge in [0.25, 0.3) is 0 Å². The summed E-state index contributed by atoms with van der Waals surface area (Å²) >= 11 is 0. The van der Waals surface area contributed by atoms with Gasteiger partial charge < -0.3 is 4.42 Å². The smallest absolute Gasteiger partial charge is 0.144 e. The molecule has 3 heteroatoms. The Bertz CT molecular complexity index is 1360. The van der Waals surface area contributed by atoms with Gasteiger partial charge in [0.05, 0.1) is 5.69 Å². The standard InChI is InChI=1S/C27H24N2O/c1-17-14-18(2)25(19(3)15-17)29-13-12-28-27(29)22-9-7-8-21(16-22)26-20(4)23-10-5-6-11-24(23)30-26/h5-16H,1-4H3. The SMILES string of the molecule is Cc1cc(C)c(-n2ccnc2-c2cccc(-c3oc4ccccc4c3C)c2)c(C)c1. The highest BCUT2D eigenvalue weighted by Crippen LogP contribution is 2.35. The van der Waals surface area contributed by atoms with Crippen molar-refractivity contribution in [1.82, 2.24) is 9.55 Å². The van der Waals surface area contributed by atoms with E-state index in [-0.39, 0.29) is 0 Å². The highest BCUT2D eigenvalue weighted by molar-refractivity contribution is 5.88. The molecule has 3 aromatic carbocycles. The minimum atomic E-state index is 0.916. The van der Waals surface area contributed by atoms with Gasteiger partial charge in [0.15, 0.2) is 0 Å². The minimum absolute atomic E-state index is 0.916. The van der Waals surface area contributed by atoms with E-state index < -0.39 is 0 Å². The van der Waals surface area contributed by atoms with Gasteiger partial charge >= 0.3 is 0 Å². The Morgan fingerprint density at radius 2 is 1.53 bits per heavy atom. The summed E-state index contributed by atoms with van der Waals surface area (Å²) in [6, 6.07) is 21.1. The van der Waals surface area contributed by atoms with Crippen molar-refractivity contribution in [3.05, 3.63) is 95.3 Å². The van der Waals surface area contributed by atoms with Gasteiger partial charge in [-0.25, -0.2) is 4.98 Å². The number of hydrogen-bond acceptors (Lipinski definition) is 2. The van der Waals surface area contributed by atoms with Crippen molar-refractivity contribution >= 4 is 11.0 Å². The molecule has 0 amide bonds. The van der Waals surface area contributed by atoms with Gasteiger partial charge in [0.1, 0.15) is 17.2 Å². The van der Waals surface area contributed by atoms with Crippen LogP contribution in [0.25, 0.3) is 39.4 Å². The molecule has 0 saturated heterocycles. The van der Waals surface area contributed by atoms with Gasteiger partial charge in [-0.15, -0.1) is 0 Å². The molecule has 0 spiro atoms. The summed E-state index contributed by atoms with van der Waals surface area (Å²) in [5.41, 5.74) is 9.17. The van der Waals surface area contributed by atoms with Crippen molar-refractivity contribution < 1.29 is 4.42 Å². The summed E-state index contributed by atoms with van der Waals surface area (Å²) in [4.78, 5) is 4.70. The van der Waals surface area contributed by atoms with Crippen LogP contribution in [0.5, 0.6) is 0 Å². The van der Waals surface area contributed by atoms with Crippen LogP contribution in [0.3, 0.4) is 0 Å². The molecule has 30 heavy (non-hydrogen) atoms. The monoisotopic (exact) mass is 392 g/mol. The van der Waals surface area contributed by atoms with E-state index in [2.05, 4.69) is 74.7 Å². The molecule has 2 heterocycles. The zero-order valence-electron chi connectivity index (χ0n) is 17.7. The van der Waals surface area contributed by atoms with Crippen LogP contribution in [0.4, 0.5) is 0 Å². The van der Waals surface area contributed by atoms with Gasteiger partial charge in [-0.1, -0.05) is 54.1 Å². The number of nitrogens with zero attached hydrogens (tertiary/aromatic N) is 2. The van der Waals surface area contributed by atoms with Crippen LogP contribution in [-0.4, -0.2) is 9.55 Å². The van der Waals surface area contributed by atoms with E-state index in [0.717, 1.165) is 39.2 Å². The lowest BCUT2D eigenvalue weighted by atomic mass is 10.0. The summed E-state index contributed by atoms with van der Waals surface area (Å²) in [5, 5.41) is 1.16. The quantitative estimate of drug-likeness (QED) is 0.325. The van der Waals surface area contributed by atoms with E-state index in [1.807, 2.05) is 30.6 Å². The number of benzene rings is 3. The lowest BCUT2D eigenvalue weighted by molar-refractivity contribution is 0.629. The zero-order valence-corrected chi connectivity index (χ0v) is 17.7. The Morgan fingerprint density at radius 1 is 0.800 bits per heavy atom. The molecule has 5 aromatic rings. The first kappa shape index (κ1) is 18.4. The van der Waals surface area contributed by atoms with Gasteiger partial charge in [0, 0.05) is 34.5 Å². The molecule has 0 fully saturated rings. The molecule has 0 aliphatic carbocycles. The van der Waals surface area contributed by atoms with E-state index in [1.54, 1.807) is 0 Å². The van der Waals surface area contributed by atoms with Crippen LogP contribution in [-0.2, 0) is 0 Å². The number of rotatable bonds is 3. The van der Waals surface area contributed by atoms with Crippen molar-refractivity contribution in [2.75, 3.05) is 0 Å². The van der Waals surface area contributed by atoms with Gasteiger partial charge in [0.2, 0.25) is 0 Å². The number of aryl methyl sites for hydroxylation is 4. The molecule has 0 N–H and O–H groups in total. The number of para-hydroxylation sites is 1. The first-order valence-corrected chi connectivity index (χ1v) is 10.2. The molecule has 0 atom stereocenters. The Balaban J connectivity index is 1.65. The van der Waals surface area contributed by atoms with Crippen molar-refractivity contribution in [3.63, 3.8) is 0 Å². The van der Waals surface area contributed by atoms with E-state index in [4.69, 9.17) is 9.40 Å². The first-order chi connectivity index (χ1) is 14.5. The van der Waals surface area contributed by atoms with Crippen LogP contribution in [0.15, 0.2) is 77.5 Å². The topological polar surface area (TPSA) is 31.0 Å². The molecular formula is C27H24N2O. The van der Waals surface area contributed by atoms with Crippen LogP contribution in [0.1, 0.15) is 22.3 Å². The van der Waals surface area contributed by atoms with E-state index in [9.17, 15) is 0 Å². The van der Waals surface area contributed by atoms with Gasteiger partial charge in [-0.05, 0) is 51.0 Å². The number of hydrogen-bond donors (Lipinski definition) is 0. The molecular weight excluding hydrogens is 368 g/mol. The molecule has 0 aliphatic heterocycles. The van der Waals surface area contributed by atoms with Gasteiger partial charge in [-0.3, -0.25) is 4.57 Å². The molecule has 5 rings (SSSR count). The largest absolute Gasteiger partial charge is 0.456 e. The Hall–Kier alpha value is -3.59. The summed E-state index contributed by atoms with van der Waals surface area (Å²) in [5.74, 6) is 1.85. The third kappa shape index (κ3) is 2.94. The summed E-state index contributed by atoms with van der Waals surface area (Å²) < 4.78 is 8.39. The Labute approximate surface area is 176 Å². The number of furan rings is 1. The molecule has 0 aliphatic rings. The van der Waals surface area contributed by atoms with Crippen LogP contribution >= 0.6 is 0 Å². The molecule has 3 nitrogen and oxygen atoms in total. The second-order valence-electron chi connectivity index (χ2n) is 8.00. The fourth-order valence-corrected chi connectivity index (χ4v) is 4.50. The number of imidazole rings is 1. The van der Waals surface area contributed by atoms with Crippen LogP contribution in [0, 0.1) is 27.7 Å². The third-order valence-corrected chi connectivity index (χ3v) is 5.74. The minimum Gasteiger partial charge on any atom is -0.456 e. The van der Waals surface area contributed by atoms with E-state index in [0.29, 0.717) is 0 Å². The molecule has 0 unspecified atom stereocenters. The maximum absolute atomic E-state index is 6.20. The third-order valence-electron chi connectivity index (χ3n) is 5.74. The van der Waals surface area contributed by atoms with Crippen molar-refractivity contribution in [1.29, 1.82) is 0 Å². The lowest BCUT2D eigenvalue weighted by Crippen LogP contribution is -2.02. The van der Waals surface area contributed by atoms with Crippen molar-refractivity contribution in [2.45, 2.75) is 27.7 Å². The second-order valence-corrected chi connectivity index (χ2v) is 8.00. The van der Waals surface area contributed by atoms with Gasteiger partial charge in [-0.2, -0.15) is 0 Å². The van der Waals surface area contributed by atoms with Crippen LogP contribution in [0.2, 0.25) is 0 Å². The molecule has 0 saturated carbocycles. The first-order valence-electron chi connectivity index (χ1n) is 10.2. The fraction of sp³-hybridized carbons (Fsp3) is 0.148. The van der Waals surface area contributed by atoms with E-state index in [1.165, 1.54) is 22.4 Å². The average molecular weight is 393 g/mol. The number of fused-ring (bicyclic) bond motifs is 1. The Morgan fingerprint density at radius 3 is 2.30 bits per heavy atom. The van der Waals surface area contributed by atoms with Crippen molar-refractivity contribution in [3.8, 4) is 28.4 Å². The summed E-state index contributed by atoms with van der Waals surface area (Å²) in [6.45, 7) is 8.58. The maximum atomic E-state index is 6.20. The Kier molecular flexibility index (Phi) is 4.32. The van der Waals surface area contributed by atoms with Crippen LogP contribution < -0.4 is 0 Å². The second kappa shape index (κ2) is 7.03. The lowest BCUT2D eigenvalue weighted by Gasteiger charge is -2.15. The maximum Gasteiger partial charge on any atom is 0.144 e. The average Bonchev–Trinajstić information content (AvgIpc) is 3.33. The normalized spacial score (nSPS) is 11.3. The highest BCUT2D eigenvalue weighted by atomic mass is 16.3. The van der Waals surface area contributed by atoms with Crippen molar-refractivity contribution in [2.24, 2.45) is 0 Å². The molecule has 2 aromatic heterocycles. The highest BCUT2D eigenvalue weighted by Gasteiger charge is 2.16. The number of aromatic nitrogens is 2. The molecule has 0 radical (unpaired) electrons. The molecule has 148 valence electrons. The zero-order chi connectivity index (χ0) is 20.8. The summed E-state index contributed by atoms with van der Waals surface area (Å²) in [7, 11) is 0. The molecule has 0 bridgehead atoms. The fourth-order valence-electron chi connectivity index (χ4n) is 4.50. The summed E-state index contributed by atoms with van der Waals surface area (Å²) in [6.07, 6.45) is 3.91. The predicted molar refractivity (Wildman–Crippen MR) is 123 cm³/mol. The van der Waals surface area contributed by atoms with E-state index >= 15 is 0 Å².